The standard InChI is InChI=1S/C23H28N4O5/c1-13-16(12-24-14(2)25-13)21(28)19-20(15-7-8-17(31-5)18(11-15)32-6)27(10-9-26(3)4)23(30)22(19)29/h7-8,11-12,20,28H,9-10H2,1-6H3. The summed E-state index contributed by atoms with van der Waals surface area (Å²) in [6, 6.07) is 4.38. The number of aryl methyl sites for hydroxylation is 2. The minimum Gasteiger partial charge on any atom is -0.507 e. The second-order valence-corrected chi connectivity index (χ2v) is 7.83. The molecular formula is C23H28N4O5. The van der Waals surface area contributed by atoms with E-state index in [9.17, 15) is 14.7 Å². The van der Waals surface area contributed by atoms with Gasteiger partial charge >= 0.3 is 0 Å². The van der Waals surface area contributed by atoms with Crippen LogP contribution in [0.15, 0.2) is 30.0 Å². The monoisotopic (exact) mass is 440 g/mol. The summed E-state index contributed by atoms with van der Waals surface area (Å²) in [6.07, 6.45) is 1.46. The fourth-order valence-corrected chi connectivity index (χ4v) is 3.75. The zero-order valence-corrected chi connectivity index (χ0v) is 19.2. The summed E-state index contributed by atoms with van der Waals surface area (Å²) in [4.78, 5) is 37.9. The van der Waals surface area contributed by atoms with Crippen molar-refractivity contribution < 1.29 is 24.2 Å². The molecule has 170 valence electrons. The molecule has 1 fully saturated rings. The van der Waals surface area contributed by atoms with Crippen molar-refractivity contribution in [3.05, 3.63) is 52.6 Å². The Bertz CT molecular complexity index is 1080. The van der Waals surface area contributed by atoms with E-state index in [0.29, 0.717) is 47.2 Å². The third-order valence-corrected chi connectivity index (χ3v) is 5.41. The van der Waals surface area contributed by atoms with E-state index >= 15 is 0 Å². The van der Waals surface area contributed by atoms with Gasteiger partial charge in [-0.2, -0.15) is 0 Å². The topological polar surface area (TPSA) is 105 Å². The third-order valence-electron chi connectivity index (χ3n) is 5.41. The predicted molar refractivity (Wildman–Crippen MR) is 119 cm³/mol. The number of aromatic nitrogens is 2. The van der Waals surface area contributed by atoms with E-state index in [4.69, 9.17) is 9.47 Å². The summed E-state index contributed by atoms with van der Waals surface area (Å²) in [6.45, 7) is 4.30. The highest BCUT2D eigenvalue weighted by Crippen LogP contribution is 2.42. The minimum absolute atomic E-state index is 0.00321. The number of benzene rings is 1. The van der Waals surface area contributed by atoms with Crippen molar-refractivity contribution in [3.63, 3.8) is 0 Å². The highest BCUT2D eigenvalue weighted by atomic mass is 16.5. The average Bonchev–Trinajstić information content (AvgIpc) is 3.01. The molecule has 2 heterocycles. The van der Waals surface area contributed by atoms with Crippen LogP contribution >= 0.6 is 0 Å². The number of methoxy groups -OCH3 is 2. The summed E-state index contributed by atoms with van der Waals surface area (Å²) >= 11 is 0. The summed E-state index contributed by atoms with van der Waals surface area (Å²) in [5.74, 6) is -0.197. The number of hydrogen-bond acceptors (Lipinski definition) is 8. The van der Waals surface area contributed by atoms with Crippen LogP contribution in [-0.2, 0) is 9.59 Å². The van der Waals surface area contributed by atoms with E-state index in [1.807, 2.05) is 19.0 Å². The van der Waals surface area contributed by atoms with Crippen LogP contribution in [-0.4, -0.2) is 78.0 Å². The first-order chi connectivity index (χ1) is 15.2. The molecule has 0 saturated carbocycles. The van der Waals surface area contributed by atoms with Gasteiger partial charge in [0.25, 0.3) is 11.7 Å². The molecule has 1 unspecified atom stereocenters. The summed E-state index contributed by atoms with van der Waals surface area (Å²) in [5.41, 5.74) is 1.44. The van der Waals surface area contributed by atoms with Gasteiger partial charge in [-0.05, 0) is 45.6 Å². The fourth-order valence-electron chi connectivity index (χ4n) is 3.75. The fraction of sp³-hybridized carbons (Fsp3) is 0.391. The lowest BCUT2D eigenvalue weighted by Gasteiger charge is -2.27. The van der Waals surface area contributed by atoms with E-state index in [1.165, 1.54) is 25.3 Å². The highest BCUT2D eigenvalue weighted by Gasteiger charge is 2.46. The van der Waals surface area contributed by atoms with Gasteiger partial charge < -0.3 is 24.4 Å². The van der Waals surface area contributed by atoms with Crippen LogP contribution in [0, 0.1) is 13.8 Å². The predicted octanol–water partition coefficient (Wildman–Crippen LogP) is 2.09. The van der Waals surface area contributed by atoms with Crippen LogP contribution in [0.2, 0.25) is 0 Å². The van der Waals surface area contributed by atoms with Crippen molar-refractivity contribution >= 4 is 17.4 Å². The van der Waals surface area contributed by atoms with Crippen LogP contribution < -0.4 is 9.47 Å². The van der Waals surface area contributed by atoms with Crippen LogP contribution in [0.25, 0.3) is 5.76 Å². The number of carbonyl (C=O) groups excluding carboxylic acids is 2. The van der Waals surface area contributed by atoms with Gasteiger partial charge in [-0.3, -0.25) is 9.59 Å². The quantitative estimate of drug-likeness (QED) is 0.396. The third kappa shape index (κ3) is 4.29. The van der Waals surface area contributed by atoms with Gasteiger partial charge in [0, 0.05) is 19.3 Å². The molecule has 1 atom stereocenters. The minimum atomic E-state index is -0.796. The number of aliphatic hydroxyl groups is 1. The molecule has 9 nitrogen and oxygen atoms in total. The van der Waals surface area contributed by atoms with E-state index in [-0.39, 0.29) is 11.3 Å². The maximum Gasteiger partial charge on any atom is 0.295 e. The molecule has 1 aliphatic heterocycles. The van der Waals surface area contributed by atoms with Crippen LogP contribution in [0.5, 0.6) is 11.5 Å². The molecule has 1 aromatic heterocycles. The normalized spacial score (nSPS) is 17.8. The Morgan fingerprint density at radius 2 is 1.84 bits per heavy atom. The van der Waals surface area contributed by atoms with Gasteiger partial charge in [-0.1, -0.05) is 6.07 Å². The average molecular weight is 441 g/mol. The van der Waals surface area contributed by atoms with Crippen LogP contribution in [0.1, 0.15) is 28.7 Å². The number of ether oxygens (including phenoxy) is 2. The van der Waals surface area contributed by atoms with Gasteiger partial charge in [0.15, 0.2) is 11.5 Å². The maximum absolute atomic E-state index is 13.1. The Morgan fingerprint density at radius 3 is 2.44 bits per heavy atom. The second-order valence-electron chi connectivity index (χ2n) is 7.83. The summed E-state index contributed by atoms with van der Waals surface area (Å²) in [5, 5.41) is 11.2. The molecule has 1 amide bonds. The number of nitrogens with zero attached hydrogens (tertiary/aromatic N) is 4. The Balaban J connectivity index is 2.21. The lowest BCUT2D eigenvalue weighted by Crippen LogP contribution is -2.35. The number of Topliss-reactive ketones (excluding diaryl/α,β-unsaturated/α-hetero) is 1. The van der Waals surface area contributed by atoms with E-state index < -0.39 is 17.7 Å². The number of likely N-dealkylation sites (tertiary alicyclic amines) is 1. The van der Waals surface area contributed by atoms with Gasteiger partial charge in [-0.25, -0.2) is 9.97 Å². The summed E-state index contributed by atoms with van der Waals surface area (Å²) in [7, 11) is 6.81. The molecule has 1 saturated heterocycles. The number of hydrogen-bond donors (Lipinski definition) is 1. The molecule has 0 bridgehead atoms. The molecule has 2 aromatic rings. The van der Waals surface area contributed by atoms with Gasteiger partial charge in [0.1, 0.15) is 11.6 Å². The number of ketones is 1. The van der Waals surface area contributed by atoms with Crippen molar-refractivity contribution in [1.29, 1.82) is 0 Å². The molecule has 1 aliphatic rings. The lowest BCUT2D eigenvalue weighted by molar-refractivity contribution is -0.140. The highest BCUT2D eigenvalue weighted by molar-refractivity contribution is 6.46. The van der Waals surface area contributed by atoms with Crippen LogP contribution in [0.3, 0.4) is 0 Å². The molecule has 9 heteroatoms. The number of carbonyl (C=O) groups is 2. The maximum atomic E-state index is 13.1. The molecule has 1 aromatic carbocycles. The van der Waals surface area contributed by atoms with Gasteiger partial charge in [0.05, 0.1) is 37.1 Å². The molecule has 0 aliphatic carbocycles. The zero-order valence-electron chi connectivity index (χ0n) is 19.2. The first-order valence-corrected chi connectivity index (χ1v) is 10.1. The lowest BCUT2D eigenvalue weighted by atomic mass is 9.95. The van der Waals surface area contributed by atoms with E-state index in [1.54, 1.807) is 32.0 Å². The largest absolute Gasteiger partial charge is 0.507 e. The number of aliphatic hydroxyl groups excluding tert-OH is 1. The zero-order chi connectivity index (χ0) is 23.6. The molecule has 1 N–H and O–H groups in total. The van der Waals surface area contributed by atoms with Crippen molar-refractivity contribution in [3.8, 4) is 11.5 Å². The second kappa shape index (κ2) is 9.35. The van der Waals surface area contributed by atoms with E-state index in [2.05, 4.69) is 9.97 Å². The smallest absolute Gasteiger partial charge is 0.295 e. The Morgan fingerprint density at radius 1 is 1.16 bits per heavy atom. The van der Waals surface area contributed by atoms with Crippen molar-refractivity contribution in [2.45, 2.75) is 19.9 Å². The SMILES string of the molecule is COc1ccc(C2C(=C(O)c3cnc(C)nc3C)C(=O)C(=O)N2CCN(C)C)cc1OC. The molecule has 0 spiro atoms. The molecule has 3 rings (SSSR count). The van der Waals surface area contributed by atoms with Gasteiger partial charge in [0.2, 0.25) is 0 Å². The first-order valence-electron chi connectivity index (χ1n) is 10.1. The first kappa shape index (κ1) is 23.2. The number of amides is 1. The molecular weight excluding hydrogens is 412 g/mol. The van der Waals surface area contributed by atoms with E-state index in [0.717, 1.165) is 0 Å². The van der Waals surface area contributed by atoms with Crippen molar-refractivity contribution in [2.75, 3.05) is 41.4 Å². The molecule has 32 heavy (non-hydrogen) atoms. The number of likely N-dealkylation sites (N-methyl/N-ethyl adjacent to an activating group) is 1. The van der Waals surface area contributed by atoms with Gasteiger partial charge in [-0.15, -0.1) is 0 Å². The van der Waals surface area contributed by atoms with Crippen molar-refractivity contribution in [1.82, 2.24) is 19.8 Å². The Kier molecular flexibility index (Phi) is 6.78. The summed E-state index contributed by atoms with van der Waals surface area (Å²) < 4.78 is 10.7. The molecule has 0 radical (unpaired) electrons. The Hall–Kier alpha value is -3.46. The Labute approximate surface area is 187 Å². The van der Waals surface area contributed by atoms with Crippen LogP contribution in [0.4, 0.5) is 0 Å². The number of rotatable bonds is 7. The van der Waals surface area contributed by atoms with Crippen molar-refractivity contribution in [2.24, 2.45) is 0 Å².